The van der Waals surface area contributed by atoms with Crippen LogP contribution in [0.15, 0.2) is 30.5 Å². The highest BCUT2D eigenvalue weighted by molar-refractivity contribution is 5.85. The third-order valence-corrected chi connectivity index (χ3v) is 3.94. The Bertz CT molecular complexity index is 761. The van der Waals surface area contributed by atoms with E-state index >= 15 is 0 Å². The van der Waals surface area contributed by atoms with Crippen LogP contribution < -0.4 is 11.1 Å². The van der Waals surface area contributed by atoms with Crippen LogP contribution in [-0.2, 0) is 17.8 Å². The van der Waals surface area contributed by atoms with Crippen LogP contribution in [0.25, 0.3) is 0 Å². The standard InChI is InChI=1S/C15H17N5O3.ClH/c16-11-4-5-12-10(8-11)2-1-3-13(12)17-15(21)9-19-7-6-14(18-19)20(22)23;/h4-8,13H,1-3,9,16H2,(H,17,21);1H. The summed E-state index contributed by atoms with van der Waals surface area (Å²) in [6.07, 6.45) is 4.22. The Labute approximate surface area is 144 Å². The topological polar surface area (TPSA) is 116 Å². The molecule has 1 unspecified atom stereocenters. The molecule has 0 aliphatic heterocycles. The van der Waals surface area contributed by atoms with Crippen LogP contribution in [0.3, 0.4) is 0 Å². The average Bonchev–Trinajstić information content (AvgIpc) is 2.95. The number of benzene rings is 1. The third kappa shape index (κ3) is 3.83. The Balaban J connectivity index is 0.00000208. The molecule has 1 amide bonds. The molecule has 1 aromatic carbocycles. The molecule has 24 heavy (non-hydrogen) atoms. The monoisotopic (exact) mass is 351 g/mol. The van der Waals surface area contributed by atoms with Crippen LogP contribution in [0.1, 0.15) is 30.0 Å². The van der Waals surface area contributed by atoms with Gasteiger partial charge in [-0.15, -0.1) is 12.4 Å². The normalized spacial score (nSPS) is 15.9. The SMILES string of the molecule is Cl.Nc1ccc2c(c1)CCCC2NC(=O)Cn1ccc([N+](=O)[O-])n1. The fraction of sp³-hybridized carbons (Fsp3) is 0.333. The molecule has 0 bridgehead atoms. The number of amides is 1. The van der Waals surface area contributed by atoms with Crippen LogP contribution in [0, 0.1) is 10.1 Å². The zero-order chi connectivity index (χ0) is 16.4. The zero-order valence-electron chi connectivity index (χ0n) is 12.8. The number of aromatic nitrogens is 2. The number of rotatable bonds is 4. The number of halogens is 1. The number of carbonyl (C=O) groups excluding carboxylic acids is 1. The third-order valence-electron chi connectivity index (χ3n) is 3.94. The molecule has 9 heteroatoms. The molecule has 128 valence electrons. The molecule has 0 saturated heterocycles. The molecular weight excluding hydrogens is 334 g/mol. The lowest BCUT2D eigenvalue weighted by atomic mass is 9.87. The van der Waals surface area contributed by atoms with Gasteiger partial charge in [-0.2, -0.15) is 4.68 Å². The van der Waals surface area contributed by atoms with Crippen molar-refractivity contribution in [2.45, 2.75) is 31.8 Å². The first kappa shape index (κ1) is 17.7. The number of nitrogens with one attached hydrogen (secondary N) is 1. The van der Waals surface area contributed by atoms with Gasteiger partial charge in [0, 0.05) is 5.69 Å². The van der Waals surface area contributed by atoms with E-state index in [1.807, 2.05) is 18.2 Å². The summed E-state index contributed by atoms with van der Waals surface area (Å²) >= 11 is 0. The lowest BCUT2D eigenvalue weighted by Crippen LogP contribution is -2.33. The minimum absolute atomic E-state index is 0. The van der Waals surface area contributed by atoms with Gasteiger partial charge in [-0.05, 0) is 47.4 Å². The van der Waals surface area contributed by atoms with Gasteiger partial charge in [0.1, 0.15) is 6.54 Å². The molecule has 0 radical (unpaired) electrons. The van der Waals surface area contributed by atoms with E-state index in [9.17, 15) is 14.9 Å². The quantitative estimate of drug-likeness (QED) is 0.496. The van der Waals surface area contributed by atoms with Crippen LogP contribution in [0.5, 0.6) is 0 Å². The van der Waals surface area contributed by atoms with E-state index in [0.717, 1.165) is 36.1 Å². The van der Waals surface area contributed by atoms with Crippen molar-refractivity contribution >= 4 is 29.8 Å². The molecule has 0 fully saturated rings. The smallest absolute Gasteiger partial charge is 0.389 e. The summed E-state index contributed by atoms with van der Waals surface area (Å²) in [4.78, 5) is 22.2. The number of carbonyl (C=O) groups is 1. The van der Waals surface area contributed by atoms with Crippen LogP contribution in [-0.4, -0.2) is 20.6 Å². The maximum absolute atomic E-state index is 12.2. The Morgan fingerprint density at radius 2 is 2.25 bits per heavy atom. The van der Waals surface area contributed by atoms with Crippen LogP contribution in [0.4, 0.5) is 11.5 Å². The molecule has 1 aliphatic rings. The highest BCUT2D eigenvalue weighted by Gasteiger charge is 2.22. The maximum Gasteiger partial charge on any atom is 0.389 e. The van der Waals surface area contributed by atoms with Crippen molar-refractivity contribution in [2.24, 2.45) is 0 Å². The maximum atomic E-state index is 12.2. The lowest BCUT2D eigenvalue weighted by Gasteiger charge is -2.26. The first-order valence-electron chi connectivity index (χ1n) is 7.38. The van der Waals surface area contributed by atoms with Crippen molar-refractivity contribution in [3.05, 3.63) is 51.7 Å². The van der Waals surface area contributed by atoms with Gasteiger partial charge >= 0.3 is 5.82 Å². The Hall–Kier alpha value is -2.61. The molecule has 3 rings (SSSR count). The van der Waals surface area contributed by atoms with E-state index in [2.05, 4.69) is 10.4 Å². The van der Waals surface area contributed by atoms with Gasteiger partial charge in [-0.25, -0.2) is 0 Å². The molecule has 2 aromatic rings. The van der Waals surface area contributed by atoms with Gasteiger partial charge in [0.05, 0.1) is 23.4 Å². The van der Waals surface area contributed by atoms with Crippen molar-refractivity contribution in [1.29, 1.82) is 0 Å². The molecule has 1 aliphatic carbocycles. The van der Waals surface area contributed by atoms with E-state index in [-0.39, 0.29) is 36.7 Å². The van der Waals surface area contributed by atoms with E-state index in [4.69, 9.17) is 5.73 Å². The van der Waals surface area contributed by atoms with Crippen molar-refractivity contribution < 1.29 is 9.72 Å². The fourth-order valence-corrected chi connectivity index (χ4v) is 2.91. The van der Waals surface area contributed by atoms with Gasteiger partial charge in [-0.1, -0.05) is 6.07 Å². The summed E-state index contributed by atoms with van der Waals surface area (Å²) in [5, 5.41) is 17.3. The minimum Gasteiger partial charge on any atom is -0.399 e. The molecule has 3 N–H and O–H groups in total. The van der Waals surface area contributed by atoms with Gasteiger partial charge < -0.3 is 21.2 Å². The van der Waals surface area contributed by atoms with Crippen LogP contribution in [0.2, 0.25) is 0 Å². The van der Waals surface area contributed by atoms with E-state index in [1.54, 1.807) is 0 Å². The Kier molecular flexibility index (Phi) is 5.40. The number of fused-ring (bicyclic) bond motifs is 1. The van der Waals surface area contributed by atoms with Crippen molar-refractivity contribution in [1.82, 2.24) is 15.1 Å². The average molecular weight is 352 g/mol. The van der Waals surface area contributed by atoms with Crippen molar-refractivity contribution in [2.75, 3.05) is 5.73 Å². The van der Waals surface area contributed by atoms with Gasteiger partial charge in [0.25, 0.3) is 0 Å². The number of nitrogen functional groups attached to an aromatic ring is 1. The zero-order valence-corrected chi connectivity index (χ0v) is 13.7. The van der Waals surface area contributed by atoms with E-state index < -0.39 is 4.92 Å². The highest BCUT2D eigenvalue weighted by atomic mass is 35.5. The molecule has 0 spiro atoms. The largest absolute Gasteiger partial charge is 0.399 e. The summed E-state index contributed by atoms with van der Waals surface area (Å²) in [6.45, 7) is -0.0470. The second-order valence-electron chi connectivity index (χ2n) is 5.60. The molecule has 0 saturated carbocycles. The summed E-state index contributed by atoms with van der Waals surface area (Å²) < 4.78 is 1.26. The summed E-state index contributed by atoms with van der Waals surface area (Å²) in [5.74, 6) is -0.492. The summed E-state index contributed by atoms with van der Waals surface area (Å²) in [5.41, 5.74) is 8.78. The first-order chi connectivity index (χ1) is 11.0. The van der Waals surface area contributed by atoms with Crippen LogP contribution >= 0.6 is 12.4 Å². The summed E-state index contributed by atoms with van der Waals surface area (Å²) in [7, 11) is 0. The second-order valence-corrected chi connectivity index (χ2v) is 5.60. The van der Waals surface area contributed by atoms with Gasteiger partial charge in [0.15, 0.2) is 0 Å². The Morgan fingerprint density at radius 3 is 2.96 bits per heavy atom. The number of nitro groups is 1. The fourth-order valence-electron chi connectivity index (χ4n) is 2.91. The number of hydrogen-bond donors (Lipinski definition) is 2. The molecule has 8 nitrogen and oxygen atoms in total. The summed E-state index contributed by atoms with van der Waals surface area (Å²) in [6, 6.07) is 6.95. The predicted octanol–water partition coefficient (Wildman–Crippen LogP) is 1.99. The van der Waals surface area contributed by atoms with E-state index in [1.165, 1.54) is 16.9 Å². The number of hydrogen-bond acceptors (Lipinski definition) is 5. The molecule has 1 heterocycles. The molecule has 1 aromatic heterocycles. The predicted molar refractivity (Wildman–Crippen MR) is 90.8 cm³/mol. The second kappa shape index (κ2) is 7.31. The lowest BCUT2D eigenvalue weighted by molar-refractivity contribution is -0.389. The number of nitrogens with two attached hydrogens (primary N) is 1. The van der Waals surface area contributed by atoms with Crippen molar-refractivity contribution in [3.63, 3.8) is 0 Å². The van der Waals surface area contributed by atoms with Gasteiger partial charge in [0.2, 0.25) is 5.91 Å². The minimum atomic E-state index is -0.587. The van der Waals surface area contributed by atoms with Gasteiger partial charge in [-0.3, -0.25) is 4.79 Å². The van der Waals surface area contributed by atoms with Crippen molar-refractivity contribution in [3.8, 4) is 0 Å². The Morgan fingerprint density at radius 1 is 1.46 bits per heavy atom. The first-order valence-corrected chi connectivity index (χ1v) is 7.38. The number of aryl methyl sites for hydroxylation is 1. The number of anilines is 1. The van der Waals surface area contributed by atoms with E-state index in [0.29, 0.717) is 0 Å². The molecule has 1 atom stereocenters. The highest BCUT2D eigenvalue weighted by Crippen LogP contribution is 2.30. The molecular formula is C15H18ClN5O3. The number of nitrogens with zero attached hydrogens (tertiary/aromatic N) is 3.